The summed E-state index contributed by atoms with van der Waals surface area (Å²) >= 11 is 0. The van der Waals surface area contributed by atoms with E-state index in [1.807, 2.05) is 0 Å². The highest BCUT2D eigenvalue weighted by Gasteiger charge is 2.12. The molecular weight excluding hydrogens is 246 g/mol. The molecule has 0 bridgehead atoms. The normalized spacial score (nSPS) is 13.4. The first kappa shape index (κ1) is 14.5. The van der Waals surface area contributed by atoms with Crippen LogP contribution >= 0.6 is 0 Å². The molecule has 0 aromatic heterocycles. The molecule has 0 radical (unpaired) electrons. The first-order valence-electron chi connectivity index (χ1n) is 6.86. The minimum Gasteiger partial charge on any atom is -0.412 e. The summed E-state index contributed by atoms with van der Waals surface area (Å²) < 4.78 is 0. The summed E-state index contributed by atoms with van der Waals surface area (Å²) in [6, 6.07) is 18.0. The Hall–Kier alpha value is -1.90. The van der Waals surface area contributed by atoms with Gasteiger partial charge in [0, 0.05) is 0 Å². The average molecular weight is 267 g/mol. The number of fused-ring (bicyclic) bond motifs is 5. The lowest BCUT2D eigenvalue weighted by molar-refractivity contribution is 0.690. The molecule has 0 unspecified atom stereocenters. The molecule has 4 rings (SSSR count). The Morgan fingerprint density at radius 1 is 0.650 bits per heavy atom. The van der Waals surface area contributed by atoms with Crippen LogP contribution in [0, 0.1) is 0 Å². The van der Waals surface area contributed by atoms with Gasteiger partial charge in [0.1, 0.15) is 0 Å². The largest absolute Gasteiger partial charge is 0.412 e. The Balaban J connectivity index is 0.000000735. The lowest BCUT2D eigenvalue weighted by Crippen LogP contribution is -2.02. The van der Waals surface area contributed by atoms with Crippen LogP contribution in [0.15, 0.2) is 48.5 Å². The van der Waals surface area contributed by atoms with E-state index >= 15 is 0 Å². The van der Waals surface area contributed by atoms with Crippen LogP contribution in [0.2, 0.25) is 0 Å². The second kappa shape index (κ2) is 5.61. The second-order valence-corrected chi connectivity index (χ2v) is 5.29. The Labute approximate surface area is 119 Å². The fraction of sp³-hybridized carbons (Fsp3) is 0.222. The van der Waals surface area contributed by atoms with Crippen LogP contribution in [0.1, 0.15) is 24.0 Å². The van der Waals surface area contributed by atoms with Crippen LogP contribution in [0.5, 0.6) is 0 Å². The SMILES string of the molecule is N.O.c1ccc2c(c1)ccc1c3c(ccc12)CCCC3. The fourth-order valence-corrected chi connectivity index (χ4v) is 3.34. The monoisotopic (exact) mass is 267 g/mol. The Bertz CT molecular complexity index is 749. The summed E-state index contributed by atoms with van der Waals surface area (Å²) in [7, 11) is 0. The van der Waals surface area contributed by atoms with E-state index in [9.17, 15) is 0 Å². The lowest BCUT2D eigenvalue weighted by Gasteiger charge is -2.18. The highest BCUT2D eigenvalue weighted by Crippen LogP contribution is 2.32. The summed E-state index contributed by atoms with van der Waals surface area (Å²) in [4.78, 5) is 0. The molecule has 1 aliphatic carbocycles. The molecule has 1 aliphatic rings. The van der Waals surface area contributed by atoms with Gasteiger partial charge in [-0.25, -0.2) is 0 Å². The van der Waals surface area contributed by atoms with Crippen LogP contribution in [0.3, 0.4) is 0 Å². The number of hydrogen-bond acceptors (Lipinski definition) is 1. The van der Waals surface area contributed by atoms with Crippen molar-refractivity contribution in [3.63, 3.8) is 0 Å². The minimum absolute atomic E-state index is 0. The Kier molecular flexibility index (Phi) is 4.07. The van der Waals surface area contributed by atoms with Gasteiger partial charge in [0.15, 0.2) is 0 Å². The molecule has 2 nitrogen and oxygen atoms in total. The van der Waals surface area contributed by atoms with Crippen molar-refractivity contribution in [2.45, 2.75) is 25.7 Å². The maximum absolute atomic E-state index is 2.35. The van der Waals surface area contributed by atoms with Gasteiger partial charge in [0.05, 0.1) is 0 Å². The van der Waals surface area contributed by atoms with Gasteiger partial charge in [-0.3, -0.25) is 0 Å². The van der Waals surface area contributed by atoms with E-state index in [0.717, 1.165) is 0 Å². The third-order valence-corrected chi connectivity index (χ3v) is 4.26. The summed E-state index contributed by atoms with van der Waals surface area (Å²) in [5.74, 6) is 0. The number of rotatable bonds is 0. The van der Waals surface area contributed by atoms with E-state index in [0.29, 0.717) is 0 Å². The molecule has 3 aromatic carbocycles. The van der Waals surface area contributed by atoms with E-state index < -0.39 is 0 Å². The van der Waals surface area contributed by atoms with Crippen molar-refractivity contribution in [2.75, 3.05) is 0 Å². The molecular formula is C18H21NO. The molecule has 0 aliphatic heterocycles. The highest BCUT2D eigenvalue weighted by atomic mass is 16.0. The van der Waals surface area contributed by atoms with Gasteiger partial charge in [-0.1, -0.05) is 48.5 Å². The Morgan fingerprint density at radius 3 is 2.30 bits per heavy atom. The quantitative estimate of drug-likeness (QED) is 0.609. The summed E-state index contributed by atoms with van der Waals surface area (Å²) in [5.41, 5.74) is 3.17. The van der Waals surface area contributed by atoms with E-state index in [2.05, 4.69) is 48.5 Å². The minimum atomic E-state index is 0. The molecule has 0 fully saturated rings. The van der Waals surface area contributed by atoms with Crippen molar-refractivity contribution in [2.24, 2.45) is 0 Å². The van der Waals surface area contributed by atoms with Gasteiger partial charge in [-0.05, 0) is 58.4 Å². The van der Waals surface area contributed by atoms with Crippen molar-refractivity contribution >= 4 is 21.5 Å². The van der Waals surface area contributed by atoms with E-state index in [-0.39, 0.29) is 11.6 Å². The van der Waals surface area contributed by atoms with Crippen molar-refractivity contribution < 1.29 is 5.48 Å². The zero-order valence-corrected chi connectivity index (χ0v) is 11.7. The molecule has 3 aromatic rings. The predicted octanol–water partition coefficient (Wildman–Crippen LogP) is 4.21. The molecule has 0 saturated heterocycles. The fourth-order valence-electron chi connectivity index (χ4n) is 3.34. The average Bonchev–Trinajstić information content (AvgIpc) is 2.46. The summed E-state index contributed by atoms with van der Waals surface area (Å²) in [6.07, 6.45) is 5.22. The van der Waals surface area contributed by atoms with Crippen LogP contribution in [0.25, 0.3) is 21.5 Å². The molecule has 2 heteroatoms. The van der Waals surface area contributed by atoms with Crippen LogP contribution < -0.4 is 6.15 Å². The second-order valence-electron chi connectivity index (χ2n) is 5.29. The number of benzene rings is 3. The van der Waals surface area contributed by atoms with Gasteiger partial charge < -0.3 is 11.6 Å². The van der Waals surface area contributed by atoms with E-state index in [4.69, 9.17) is 0 Å². The number of hydrogen-bond donors (Lipinski definition) is 1. The van der Waals surface area contributed by atoms with Crippen molar-refractivity contribution in [3.05, 3.63) is 59.7 Å². The first-order chi connectivity index (χ1) is 8.93. The molecule has 0 atom stereocenters. The van der Waals surface area contributed by atoms with E-state index in [1.165, 1.54) is 47.2 Å². The molecule has 0 amide bonds. The third kappa shape index (κ3) is 2.07. The van der Waals surface area contributed by atoms with Crippen LogP contribution in [-0.4, -0.2) is 5.48 Å². The van der Waals surface area contributed by atoms with Crippen LogP contribution in [0.4, 0.5) is 0 Å². The van der Waals surface area contributed by atoms with Gasteiger partial charge in [0.2, 0.25) is 0 Å². The molecule has 20 heavy (non-hydrogen) atoms. The lowest BCUT2D eigenvalue weighted by atomic mass is 9.86. The standard InChI is InChI=1S/C18H16.H3N.H2O/c1-3-7-15-13(5-1)9-11-18-16-8-4-2-6-14(16)10-12-17(15)18;;/h1,3,5,7,9-12H,2,4,6,8H2;1H3;1H2. The smallest absolute Gasteiger partial charge is 0.0102 e. The molecule has 104 valence electrons. The molecule has 5 N–H and O–H groups in total. The van der Waals surface area contributed by atoms with Gasteiger partial charge in [-0.2, -0.15) is 0 Å². The summed E-state index contributed by atoms with van der Waals surface area (Å²) in [6.45, 7) is 0. The summed E-state index contributed by atoms with van der Waals surface area (Å²) in [5, 5.41) is 5.64. The number of aryl methyl sites for hydroxylation is 2. The van der Waals surface area contributed by atoms with Crippen molar-refractivity contribution in [1.29, 1.82) is 0 Å². The Morgan fingerprint density at radius 2 is 1.40 bits per heavy atom. The zero-order chi connectivity index (χ0) is 11.9. The predicted molar refractivity (Wildman–Crippen MR) is 86.7 cm³/mol. The third-order valence-electron chi connectivity index (χ3n) is 4.26. The van der Waals surface area contributed by atoms with Gasteiger partial charge >= 0.3 is 0 Å². The van der Waals surface area contributed by atoms with Gasteiger partial charge in [-0.15, -0.1) is 0 Å². The molecule has 0 saturated carbocycles. The highest BCUT2D eigenvalue weighted by molar-refractivity contribution is 6.08. The van der Waals surface area contributed by atoms with Crippen molar-refractivity contribution in [3.8, 4) is 0 Å². The molecule has 0 spiro atoms. The maximum atomic E-state index is 2.35. The van der Waals surface area contributed by atoms with Crippen LogP contribution in [-0.2, 0) is 12.8 Å². The van der Waals surface area contributed by atoms with E-state index in [1.54, 1.807) is 11.1 Å². The van der Waals surface area contributed by atoms with Crippen molar-refractivity contribution in [1.82, 2.24) is 6.15 Å². The zero-order valence-electron chi connectivity index (χ0n) is 11.7. The molecule has 0 heterocycles. The van der Waals surface area contributed by atoms with Gasteiger partial charge in [0.25, 0.3) is 0 Å². The first-order valence-corrected chi connectivity index (χ1v) is 6.86. The maximum Gasteiger partial charge on any atom is -0.0102 e. The topological polar surface area (TPSA) is 66.5 Å².